The van der Waals surface area contributed by atoms with E-state index < -0.39 is 0 Å². The number of rotatable bonds is 5. The summed E-state index contributed by atoms with van der Waals surface area (Å²) >= 11 is 0. The molecule has 1 aliphatic carbocycles. The lowest BCUT2D eigenvalue weighted by molar-refractivity contribution is -0.123. The highest BCUT2D eigenvalue weighted by atomic mass is 16.5. The van der Waals surface area contributed by atoms with Crippen molar-refractivity contribution in [2.45, 2.75) is 45.7 Å². The largest absolute Gasteiger partial charge is 0.483 e. The first kappa shape index (κ1) is 14.9. The van der Waals surface area contributed by atoms with E-state index in [1.165, 1.54) is 0 Å². The van der Waals surface area contributed by atoms with Crippen LogP contribution in [0.25, 0.3) is 0 Å². The lowest BCUT2D eigenvalue weighted by Gasteiger charge is -2.18. The Hall–Kier alpha value is -1.55. The Morgan fingerprint density at radius 1 is 1.45 bits per heavy atom. The van der Waals surface area contributed by atoms with Gasteiger partial charge in [-0.15, -0.1) is 0 Å². The summed E-state index contributed by atoms with van der Waals surface area (Å²) in [6, 6.07) is 7.83. The van der Waals surface area contributed by atoms with Gasteiger partial charge in [0.15, 0.2) is 6.61 Å². The topological polar surface area (TPSA) is 64.3 Å². The van der Waals surface area contributed by atoms with Gasteiger partial charge in [0.05, 0.1) is 0 Å². The van der Waals surface area contributed by atoms with Crippen LogP contribution in [0.4, 0.5) is 0 Å². The standard InChI is InChI=1S/C16H24N2O2/c1-16(2)8-7-13(9-16)18-15(19)11-20-14-6-4-3-5-12(14)10-17/h3-6,13H,7-11,17H2,1-2H3,(H,18,19). The van der Waals surface area contributed by atoms with E-state index in [-0.39, 0.29) is 18.6 Å². The molecule has 1 atom stereocenters. The molecule has 4 nitrogen and oxygen atoms in total. The van der Waals surface area contributed by atoms with E-state index in [0.717, 1.165) is 24.8 Å². The molecule has 1 unspecified atom stereocenters. The Balaban J connectivity index is 1.81. The first-order chi connectivity index (χ1) is 9.50. The molecule has 0 bridgehead atoms. The van der Waals surface area contributed by atoms with Gasteiger partial charge in [0.25, 0.3) is 5.91 Å². The number of para-hydroxylation sites is 1. The molecule has 3 N–H and O–H groups in total. The van der Waals surface area contributed by atoms with Gasteiger partial charge in [-0.2, -0.15) is 0 Å². The molecule has 2 rings (SSSR count). The number of amides is 1. The fourth-order valence-electron chi connectivity index (χ4n) is 2.79. The minimum Gasteiger partial charge on any atom is -0.483 e. The van der Waals surface area contributed by atoms with E-state index >= 15 is 0 Å². The number of hydrogen-bond donors (Lipinski definition) is 2. The van der Waals surface area contributed by atoms with Crippen molar-refractivity contribution in [2.24, 2.45) is 11.1 Å². The predicted molar refractivity (Wildman–Crippen MR) is 79.4 cm³/mol. The van der Waals surface area contributed by atoms with Crippen LogP contribution in [-0.4, -0.2) is 18.6 Å². The summed E-state index contributed by atoms with van der Waals surface area (Å²) in [4.78, 5) is 11.9. The predicted octanol–water partition coefficient (Wildman–Crippen LogP) is 2.22. The molecule has 0 aromatic heterocycles. The Labute approximate surface area is 120 Å². The average molecular weight is 276 g/mol. The Morgan fingerprint density at radius 2 is 2.20 bits per heavy atom. The van der Waals surface area contributed by atoms with Crippen LogP contribution in [0.5, 0.6) is 5.75 Å². The van der Waals surface area contributed by atoms with Crippen molar-refractivity contribution in [1.82, 2.24) is 5.32 Å². The van der Waals surface area contributed by atoms with Gasteiger partial charge in [-0.3, -0.25) is 4.79 Å². The zero-order chi connectivity index (χ0) is 14.6. The van der Waals surface area contributed by atoms with Gasteiger partial charge in [-0.1, -0.05) is 32.0 Å². The van der Waals surface area contributed by atoms with Crippen molar-refractivity contribution >= 4 is 5.91 Å². The first-order valence-corrected chi connectivity index (χ1v) is 7.20. The molecule has 0 saturated heterocycles. The molecular formula is C16H24N2O2. The summed E-state index contributed by atoms with van der Waals surface area (Å²) in [5.41, 5.74) is 6.90. The summed E-state index contributed by atoms with van der Waals surface area (Å²) in [7, 11) is 0. The molecule has 1 saturated carbocycles. The van der Waals surface area contributed by atoms with Crippen LogP contribution in [0.3, 0.4) is 0 Å². The minimum atomic E-state index is -0.0560. The molecule has 0 aliphatic heterocycles. The normalized spacial score (nSPS) is 20.6. The van der Waals surface area contributed by atoms with Crippen LogP contribution in [-0.2, 0) is 11.3 Å². The summed E-state index contributed by atoms with van der Waals surface area (Å²) in [5.74, 6) is 0.636. The van der Waals surface area contributed by atoms with Gasteiger partial charge in [-0.05, 0) is 30.7 Å². The summed E-state index contributed by atoms with van der Waals surface area (Å²) in [6.45, 7) is 4.95. The highest BCUT2D eigenvalue weighted by molar-refractivity contribution is 5.77. The van der Waals surface area contributed by atoms with Crippen molar-refractivity contribution in [3.05, 3.63) is 29.8 Å². The van der Waals surface area contributed by atoms with Crippen LogP contribution in [0, 0.1) is 5.41 Å². The smallest absolute Gasteiger partial charge is 0.258 e. The van der Waals surface area contributed by atoms with Gasteiger partial charge in [-0.25, -0.2) is 0 Å². The van der Waals surface area contributed by atoms with E-state index in [1.807, 2.05) is 24.3 Å². The maximum Gasteiger partial charge on any atom is 0.258 e. The molecule has 4 heteroatoms. The lowest BCUT2D eigenvalue weighted by atomic mass is 9.92. The highest BCUT2D eigenvalue weighted by Gasteiger charge is 2.31. The number of benzene rings is 1. The second-order valence-corrected chi connectivity index (χ2v) is 6.27. The van der Waals surface area contributed by atoms with Gasteiger partial charge >= 0.3 is 0 Å². The highest BCUT2D eigenvalue weighted by Crippen LogP contribution is 2.36. The van der Waals surface area contributed by atoms with E-state index in [1.54, 1.807) is 0 Å². The monoisotopic (exact) mass is 276 g/mol. The van der Waals surface area contributed by atoms with Gasteiger partial charge in [0.2, 0.25) is 0 Å². The summed E-state index contributed by atoms with van der Waals surface area (Å²) < 4.78 is 5.56. The Kier molecular flexibility index (Phi) is 4.65. The SMILES string of the molecule is CC1(C)CCC(NC(=O)COc2ccccc2CN)C1. The quantitative estimate of drug-likeness (QED) is 0.866. The Morgan fingerprint density at radius 3 is 2.85 bits per heavy atom. The second-order valence-electron chi connectivity index (χ2n) is 6.27. The van der Waals surface area contributed by atoms with Crippen LogP contribution >= 0.6 is 0 Å². The van der Waals surface area contributed by atoms with Crippen molar-refractivity contribution in [3.8, 4) is 5.75 Å². The molecule has 0 spiro atoms. The Bertz CT molecular complexity index is 471. The first-order valence-electron chi connectivity index (χ1n) is 7.20. The van der Waals surface area contributed by atoms with Crippen LogP contribution in [0.2, 0.25) is 0 Å². The zero-order valence-electron chi connectivity index (χ0n) is 12.3. The molecule has 20 heavy (non-hydrogen) atoms. The van der Waals surface area contributed by atoms with Gasteiger partial charge < -0.3 is 15.8 Å². The number of nitrogens with one attached hydrogen (secondary N) is 1. The van der Waals surface area contributed by atoms with Crippen molar-refractivity contribution < 1.29 is 9.53 Å². The maximum absolute atomic E-state index is 11.9. The lowest BCUT2D eigenvalue weighted by Crippen LogP contribution is -2.36. The molecule has 1 aliphatic rings. The van der Waals surface area contributed by atoms with Gasteiger partial charge in [0, 0.05) is 18.2 Å². The molecule has 0 heterocycles. The molecule has 0 radical (unpaired) electrons. The number of carbonyl (C=O) groups excluding carboxylic acids is 1. The third-order valence-corrected chi connectivity index (χ3v) is 3.88. The van der Waals surface area contributed by atoms with Crippen molar-refractivity contribution in [3.63, 3.8) is 0 Å². The second kappa shape index (κ2) is 6.27. The molecule has 110 valence electrons. The average Bonchev–Trinajstić information content (AvgIpc) is 2.76. The van der Waals surface area contributed by atoms with Gasteiger partial charge in [0.1, 0.15) is 5.75 Å². The van der Waals surface area contributed by atoms with E-state index in [2.05, 4.69) is 19.2 Å². The van der Waals surface area contributed by atoms with E-state index in [4.69, 9.17) is 10.5 Å². The van der Waals surface area contributed by atoms with Crippen LogP contribution in [0.1, 0.15) is 38.7 Å². The van der Waals surface area contributed by atoms with Crippen molar-refractivity contribution in [2.75, 3.05) is 6.61 Å². The molecule has 1 fully saturated rings. The van der Waals surface area contributed by atoms with Crippen molar-refractivity contribution in [1.29, 1.82) is 0 Å². The van der Waals surface area contributed by atoms with E-state index in [9.17, 15) is 4.79 Å². The van der Waals surface area contributed by atoms with Crippen LogP contribution < -0.4 is 15.8 Å². The fourth-order valence-corrected chi connectivity index (χ4v) is 2.79. The van der Waals surface area contributed by atoms with E-state index in [0.29, 0.717) is 17.7 Å². The number of nitrogens with two attached hydrogens (primary N) is 1. The summed E-state index contributed by atoms with van der Waals surface area (Å²) in [6.07, 6.45) is 3.26. The third-order valence-electron chi connectivity index (χ3n) is 3.88. The zero-order valence-corrected chi connectivity index (χ0v) is 12.3. The third kappa shape index (κ3) is 3.97. The number of hydrogen-bond acceptors (Lipinski definition) is 3. The molecule has 1 aromatic carbocycles. The fraction of sp³-hybridized carbons (Fsp3) is 0.562. The summed E-state index contributed by atoms with van der Waals surface area (Å²) in [5, 5.41) is 3.05. The minimum absolute atomic E-state index is 0.0495. The number of carbonyl (C=O) groups is 1. The molecule has 1 aromatic rings. The maximum atomic E-state index is 11.9. The number of ether oxygens (including phenoxy) is 1. The molecular weight excluding hydrogens is 252 g/mol. The van der Waals surface area contributed by atoms with Crippen LogP contribution in [0.15, 0.2) is 24.3 Å². The molecule has 1 amide bonds.